The Kier molecular flexibility index (Phi) is 6.70. The summed E-state index contributed by atoms with van der Waals surface area (Å²) < 4.78 is 41.2. The van der Waals surface area contributed by atoms with E-state index in [0.717, 1.165) is 25.1 Å². The minimum atomic E-state index is -4.10. The highest BCUT2D eigenvalue weighted by Crippen LogP contribution is 2.21. The lowest BCUT2D eigenvalue weighted by molar-refractivity contribution is -0.136. The average Bonchev–Trinajstić information content (AvgIpc) is 2.35. The predicted molar refractivity (Wildman–Crippen MR) is 69.2 cm³/mol. The van der Waals surface area contributed by atoms with Crippen molar-refractivity contribution in [3.8, 4) is 5.75 Å². The molecule has 19 heavy (non-hydrogen) atoms. The van der Waals surface area contributed by atoms with Crippen LogP contribution in [0.2, 0.25) is 0 Å². The average molecular weight is 275 g/mol. The maximum atomic E-state index is 12.0. The minimum Gasteiger partial charge on any atom is -0.494 e. The lowest BCUT2D eigenvalue weighted by atomic mass is 10.2. The number of hydrogen-bond donors (Lipinski definition) is 1. The fourth-order valence-electron chi connectivity index (χ4n) is 1.62. The van der Waals surface area contributed by atoms with Crippen molar-refractivity contribution in [2.75, 3.05) is 13.2 Å². The van der Waals surface area contributed by atoms with Gasteiger partial charge in [-0.2, -0.15) is 13.2 Å². The summed E-state index contributed by atoms with van der Waals surface area (Å²) in [5.74, 6) is 0.623. The number of rotatable bonds is 8. The number of halogens is 3. The van der Waals surface area contributed by atoms with Crippen LogP contribution in [0.15, 0.2) is 24.3 Å². The van der Waals surface area contributed by atoms with Crippen LogP contribution in [-0.4, -0.2) is 19.3 Å². The number of hydrogen-bond acceptors (Lipinski definition) is 2. The van der Waals surface area contributed by atoms with Crippen LogP contribution in [0.1, 0.15) is 31.7 Å². The van der Waals surface area contributed by atoms with Crippen molar-refractivity contribution in [3.63, 3.8) is 0 Å². The molecule has 1 aromatic carbocycles. The van der Waals surface area contributed by atoms with Gasteiger partial charge in [-0.05, 0) is 37.1 Å². The molecule has 0 heterocycles. The Hall–Kier alpha value is -1.23. The second kappa shape index (κ2) is 8.04. The van der Waals surface area contributed by atoms with Crippen LogP contribution in [0.3, 0.4) is 0 Å². The normalized spacial score (nSPS) is 11.6. The molecular formula is C14H20F3NO. The molecule has 0 unspecified atom stereocenters. The molecule has 0 aliphatic heterocycles. The quantitative estimate of drug-likeness (QED) is 0.726. The summed E-state index contributed by atoms with van der Waals surface area (Å²) in [6.45, 7) is 3.86. The van der Waals surface area contributed by atoms with Gasteiger partial charge in [-0.15, -0.1) is 0 Å². The maximum Gasteiger partial charge on any atom is 0.389 e. The summed E-state index contributed by atoms with van der Waals surface area (Å²) in [5.41, 5.74) is 1.07. The van der Waals surface area contributed by atoms with Gasteiger partial charge in [-0.1, -0.05) is 19.1 Å². The number of benzene rings is 1. The number of nitrogens with one attached hydrogen (secondary N) is 1. The van der Waals surface area contributed by atoms with E-state index in [1.807, 2.05) is 18.2 Å². The van der Waals surface area contributed by atoms with Crippen molar-refractivity contribution in [2.45, 2.75) is 38.9 Å². The predicted octanol–water partition coefficient (Wildman–Crippen LogP) is 3.91. The molecule has 0 saturated carbocycles. The molecular weight excluding hydrogens is 255 g/mol. The van der Waals surface area contributed by atoms with Crippen LogP contribution in [0.25, 0.3) is 0 Å². The van der Waals surface area contributed by atoms with E-state index in [0.29, 0.717) is 5.75 Å². The third-order valence-corrected chi connectivity index (χ3v) is 2.53. The van der Waals surface area contributed by atoms with Crippen LogP contribution in [-0.2, 0) is 6.54 Å². The highest BCUT2D eigenvalue weighted by molar-refractivity contribution is 5.28. The van der Waals surface area contributed by atoms with E-state index in [-0.39, 0.29) is 13.0 Å². The van der Waals surface area contributed by atoms with Crippen molar-refractivity contribution < 1.29 is 17.9 Å². The Morgan fingerprint density at radius 1 is 1.26 bits per heavy atom. The van der Waals surface area contributed by atoms with Gasteiger partial charge in [0.1, 0.15) is 5.75 Å². The van der Waals surface area contributed by atoms with Crippen molar-refractivity contribution in [1.29, 1.82) is 0 Å². The number of alkyl halides is 3. The molecule has 0 saturated heterocycles. The second-order valence-corrected chi connectivity index (χ2v) is 4.39. The smallest absolute Gasteiger partial charge is 0.389 e. The Morgan fingerprint density at radius 2 is 2.05 bits per heavy atom. The van der Waals surface area contributed by atoms with Crippen molar-refractivity contribution >= 4 is 0 Å². The Balaban J connectivity index is 2.31. The molecule has 2 nitrogen and oxygen atoms in total. The summed E-state index contributed by atoms with van der Waals surface area (Å²) in [5, 5.41) is 3.26. The molecule has 1 aromatic rings. The van der Waals surface area contributed by atoms with Gasteiger partial charge in [0.05, 0.1) is 6.61 Å². The summed E-state index contributed by atoms with van der Waals surface area (Å²) in [6, 6.07) is 7.43. The van der Waals surface area contributed by atoms with Crippen LogP contribution < -0.4 is 10.1 Å². The first kappa shape index (κ1) is 15.8. The fraction of sp³-hybridized carbons (Fsp3) is 0.571. The molecule has 0 aliphatic rings. The molecule has 0 amide bonds. The third kappa shape index (κ3) is 7.72. The van der Waals surface area contributed by atoms with Gasteiger partial charge in [0.25, 0.3) is 0 Å². The van der Waals surface area contributed by atoms with E-state index < -0.39 is 12.6 Å². The first-order valence-electron chi connectivity index (χ1n) is 6.50. The van der Waals surface area contributed by atoms with Crippen molar-refractivity contribution in [2.24, 2.45) is 0 Å². The second-order valence-electron chi connectivity index (χ2n) is 4.39. The van der Waals surface area contributed by atoms with E-state index >= 15 is 0 Å². The Morgan fingerprint density at radius 3 is 2.74 bits per heavy atom. The van der Waals surface area contributed by atoms with Crippen LogP contribution >= 0.6 is 0 Å². The maximum absolute atomic E-state index is 12.0. The molecule has 0 atom stereocenters. The van der Waals surface area contributed by atoms with Crippen LogP contribution in [0.5, 0.6) is 5.75 Å². The van der Waals surface area contributed by atoms with Gasteiger partial charge in [-0.3, -0.25) is 0 Å². The fourth-order valence-corrected chi connectivity index (χ4v) is 1.62. The lowest BCUT2D eigenvalue weighted by Crippen LogP contribution is -2.13. The van der Waals surface area contributed by atoms with E-state index in [2.05, 4.69) is 12.2 Å². The summed E-state index contributed by atoms with van der Waals surface area (Å²) in [6.07, 6.45) is -3.85. The zero-order valence-corrected chi connectivity index (χ0v) is 11.1. The van der Waals surface area contributed by atoms with Gasteiger partial charge in [-0.25, -0.2) is 0 Å². The van der Waals surface area contributed by atoms with Crippen molar-refractivity contribution in [3.05, 3.63) is 29.8 Å². The molecule has 0 aromatic heterocycles. The SMILES string of the molecule is CCCNCc1cccc(OCCCC(F)(F)F)c1. The molecule has 1 rings (SSSR count). The summed E-state index contributed by atoms with van der Waals surface area (Å²) in [7, 11) is 0. The van der Waals surface area contributed by atoms with Gasteiger partial charge < -0.3 is 10.1 Å². The minimum absolute atomic E-state index is 0.0121. The van der Waals surface area contributed by atoms with E-state index in [1.165, 1.54) is 0 Å². The molecule has 0 spiro atoms. The van der Waals surface area contributed by atoms with E-state index in [1.54, 1.807) is 6.07 Å². The molecule has 0 fully saturated rings. The molecule has 0 radical (unpaired) electrons. The Bertz CT molecular complexity index is 366. The first-order chi connectivity index (χ1) is 9.01. The number of ether oxygens (including phenoxy) is 1. The highest BCUT2D eigenvalue weighted by atomic mass is 19.4. The molecule has 5 heteroatoms. The largest absolute Gasteiger partial charge is 0.494 e. The highest BCUT2D eigenvalue weighted by Gasteiger charge is 2.26. The molecule has 0 bridgehead atoms. The van der Waals surface area contributed by atoms with E-state index in [4.69, 9.17) is 4.74 Å². The molecule has 108 valence electrons. The topological polar surface area (TPSA) is 21.3 Å². The van der Waals surface area contributed by atoms with Gasteiger partial charge in [0, 0.05) is 13.0 Å². The summed E-state index contributed by atoms with van der Waals surface area (Å²) in [4.78, 5) is 0. The summed E-state index contributed by atoms with van der Waals surface area (Å²) >= 11 is 0. The van der Waals surface area contributed by atoms with E-state index in [9.17, 15) is 13.2 Å². The standard InChI is InChI=1S/C14H20F3NO/c1-2-8-18-11-12-5-3-6-13(10-12)19-9-4-7-14(15,16)17/h3,5-6,10,18H,2,4,7-9,11H2,1H3. The van der Waals surface area contributed by atoms with Crippen LogP contribution in [0.4, 0.5) is 13.2 Å². The van der Waals surface area contributed by atoms with Crippen molar-refractivity contribution in [1.82, 2.24) is 5.32 Å². The molecule has 0 aliphatic carbocycles. The zero-order valence-electron chi connectivity index (χ0n) is 11.1. The first-order valence-corrected chi connectivity index (χ1v) is 6.50. The van der Waals surface area contributed by atoms with Gasteiger partial charge in [0.2, 0.25) is 0 Å². The Labute approximate surface area is 112 Å². The molecule has 1 N–H and O–H groups in total. The van der Waals surface area contributed by atoms with Gasteiger partial charge >= 0.3 is 6.18 Å². The monoisotopic (exact) mass is 275 g/mol. The third-order valence-electron chi connectivity index (χ3n) is 2.53. The lowest BCUT2D eigenvalue weighted by Gasteiger charge is -2.09. The van der Waals surface area contributed by atoms with Crippen LogP contribution in [0, 0.1) is 0 Å². The zero-order chi connectivity index (χ0) is 14.1. The van der Waals surface area contributed by atoms with Gasteiger partial charge in [0.15, 0.2) is 0 Å².